The Morgan fingerprint density at radius 1 is 1.33 bits per heavy atom. The minimum atomic E-state index is 0.0400. The maximum atomic E-state index is 11.5. The summed E-state index contributed by atoms with van der Waals surface area (Å²) in [6.07, 6.45) is 4.49. The van der Waals surface area contributed by atoms with Crippen molar-refractivity contribution >= 4 is 11.8 Å². The van der Waals surface area contributed by atoms with E-state index in [2.05, 4.69) is 0 Å². The van der Waals surface area contributed by atoms with E-state index < -0.39 is 0 Å². The molecule has 1 saturated carbocycles. The molecule has 3 nitrogen and oxygen atoms in total. The first-order valence-electron chi connectivity index (χ1n) is 4.63. The number of hydrogen-bond acceptors (Lipinski definition) is 2. The molecule has 0 unspecified atom stereocenters. The van der Waals surface area contributed by atoms with Gasteiger partial charge in [-0.25, -0.2) is 0 Å². The zero-order valence-corrected chi connectivity index (χ0v) is 7.08. The molecule has 0 aromatic heterocycles. The largest absolute Gasteiger partial charge is 0.282 e. The zero-order chi connectivity index (χ0) is 8.55. The summed E-state index contributed by atoms with van der Waals surface area (Å²) >= 11 is 0. The Balaban J connectivity index is 1.99. The Hall–Kier alpha value is -0.860. The predicted molar refractivity (Wildman–Crippen MR) is 43.3 cm³/mol. The molecule has 3 heteroatoms. The van der Waals surface area contributed by atoms with Gasteiger partial charge in [0.2, 0.25) is 11.8 Å². The molecule has 1 aliphatic heterocycles. The standard InChI is InChI=1S/C9H13NO2/c11-8-3-1-2-6-10(8)9(12)7-4-5-7/h7H,1-6H2. The van der Waals surface area contributed by atoms with E-state index in [9.17, 15) is 9.59 Å². The van der Waals surface area contributed by atoms with E-state index in [4.69, 9.17) is 0 Å². The number of nitrogens with zero attached hydrogens (tertiary/aromatic N) is 1. The van der Waals surface area contributed by atoms with Crippen LogP contribution >= 0.6 is 0 Å². The molecule has 0 N–H and O–H groups in total. The smallest absolute Gasteiger partial charge is 0.232 e. The lowest BCUT2D eigenvalue weighted by Crippen LogP contribution is -2.41. The number of likely N-dealkylation sites (tertiary alicyclic amines) is 1. The molecule has 66 valence electrons. The lowest BCUT2D eigenvalue weighted by Gasteiger charge is -2.24. The number of imide groups is 1. The molecular formula is C9H13NO2. The monoisotopic (exact) mass is 167 g/mol. The number of carbonyl (C=O) groups excluding carboxylic acids is 2. The maximum Gasteiger partial charge on any atom is 0.232 e. The molecule has 2 rings (SSSR count). The highest BCUT2D eigenvalue weighted by Gasteiger charge is 2.36. The third-order valence-corrected chi connectivity index (χ3v) is 2.52. The van der Waals surface area contributed by atoms with Crippen LogP contribution < -0.4 is 0 Å². The first-order valence-corrected chi connectivity index (χ1v) is 4.63. The topological polar surface area (TPSA) is 37.4 Å². The molecule has 0 aromatic carbocycles. The molecular weight excluding hydrogens is 154 g/mol. The van der Waals surface area contributed by atoms with Crippen molar-refractivity contribution in [3.63, 3.8) is 0 Å². The fraction of sp³-hybridized carbons (Fsp3) is 0.778. The lowest BCUT2D eigenvalue weighted by atomic mass is 10.1. The van der Waals surface area contributed by atoms with Crippen LogP contribution in [0.4, 0.5) is 0 Å². The van der Waals surface area contributed by atoms with Crippen molar-refractivity contribution in [1.82, 2.24) is 4.90 Å². The van der Waals surface area contributed by atoms with Gasteiger partial charge in [-0.2, -0.15) is 0 Å². The Morgan fingerprint density at radius 2 is 2.08 bits per heavy atom. The first kappa shape index (κ1) is 7.77. The van der Waals surface area contributed by atoms with E-state index in [1.54, 1.807) is 0 Å². The Morgan fingerprint density at radius 3 is 2.67 bits per heavy atom. The summed E-state index contributed by atoms with van der Waals surface area (Å²) in [7, 11) is 0. The van der Waals surface area contributed by atoms with Crippen LogP contribution in [0.2, 0.25) is 0 Å². The van der Waals surface area contributed by atoms with Gasteiger partial charge in [0.1, 0.15) is 0 Å². The van der Waals surface area contributed by atoms with Gasteiger partial charge in [0.15, 0.2) is 0 Å². The minimum absolute atomic E-state index is 0.0400. The molecule has 0 aromatic rings. The van der Waals surface area contributed by atoms with E-state index in [1.807, 2.05) is 0 Å². The van der Waals surface area contributed by atoms with Gasteiger partial charge >= 0.3 is 0 Å². The summed E-state index contributed by atoms with van der Waals surface area (Å²) < 4.78 is 0. The number of rotatable bonds is 1. The molecule has 0 bridgehead atoms. The summed E-state index contributed by atoms with van der Waals surface area (Å²) in [5.41, 5.74) is 0. The predicted octanol–water partition coefficient (Wildman–Crippen LogP) is 0.935. The fourth-order valence-electron chi connectivity index (χ4n) is 1.59. The van der Waals surface area contributed by atoms with Gasteiger partial charge in [-0.15, -0.1) is 0 Å². The second-order valence-corrected chi connectivity index (χ2v) is 3.61. The van der Waals surface area contributed by atoms with Crippen molar-refractivity contribution < 1.29 is 9.59 Å². The lowest BCUT2D eigenvalue weighted by molar-refractivity contribution is -0.147. The van der Waals surface area contributed by atoms with Crippen LogP contribution in [0.5, 0.6) is 0 Å². The Kier molecular flexibility index (Phi) is 1.87. The summed E-state index contributed by atoms with van der Waals surface area (Å²) in [4.78, 5) is 24.2. The van der Waals surface area contributed by atoms with E-state index in [1.165, 1.54) is 4.90 Å². The van der Waals surface area contributed by atoms with Crippen LogP contribution in [-0.4, -0.2) is 23.3 Å². The van der Waals surface area contributed by atoms with Crippen LogP contribution in [-0.2, 0) is 9.59 Å². The van der Waals surface area contributed by atoms with Gasteiger partial charge in [0, 0.05) is 18.9 Å². The summed E-state index contributed by atoms with van der Waals surface area (Å²) in [5.74, 6) is 0.310. The number of amides is 2. The molecule has 2 amide bonds. The van der Waals surface area contributed by atoms with Crippen molar-refractivity contribution in [1.29, 1.82) is 0 Å². The fourth-order valence-corrected chi connectivity index (χ4v) is 1.59. The average Bonchev–Trinajstić information content (AvgIpc) is 2.86. The third-order valence-electron chi connectivity index (χ3n) is 2.52. The van der Waals surface area contributed by atoms with Crippen molar-refractivity contribution in [2.45, 2.75) is 32.1 Å². The van der Waals surface area contributed by atoms with E-state index in [0.717, 1.165) is 25.7 Å². The van der Waals surface area contributed by atoms with Crippen LogP contribution in [0, 0.1) is 5.92 Å². The van der Waals surface area contributed by atoms with Crippen LogP contribution in [0.3, 0.4) is 0 Å². The molecule has 12 heavy (non-hydrogen) atoms. The van der Waals surface area contributed by atoms with Crippen LogP contribution in [0.15, 0.2) is 0 Å². The average molecular weight is 167 g/mol. The molecule has 1 aliphatic carbocycles. The summed E-state index contributed by atoms with van der Waals surface area (Å²) in [6.45, 7) is 0.661. The number of hydrogen-bond donors (Lipinski definition) is 0. The summed E-state index contributed by atoms with van der Waals surface area (Å²) in [5, 5.41) is 0. The van der Waals surface area contributed by atoms with Crippen molar-refractivity contribution in [2.24, 2.45) is 5.92 Å². The quantitative estimate of drug-likeness (QED) is 0.545. The summed E-state index contributed by atoms with van der Waals surface area (Å²) in [6, 6.07) is 0. The molecule has 1 heterocycles. The van der Waals surface area contributed by atoms with E-state index in [-0.39, 0.29) is 17.7 Å². The van der Waals surface area contributed by atoms with Gasteiger partial charge < -0.3 is 0 Å². The normalized spacial score (nSPS) is 24.3. The number of carbonyl (C=O) groups is 2. The second kappa shape index (κ2) is 2.88. The van der Waals surface area contributed by atoms with Crippen molar-refractivity contribution in [2.75, 3.05) is 6.54 Å². The van der Waals surface area contributed by atoms with Crippen LogP contribution in [0.1, 0.15) is 32.1 Å². The second-order valence-electron chi connectivity index (χ2n) is 3.61. The first-order chi connectivity index (χ1) is 5.79. The number of piperidine rings is 1. The molecule has 2 fully saturated rings. The van der Waals surface area contributed by atoms with Crippen molar-refractivity contribution in [3.8, 4) is 0 Å². The minimum Gasteiger partial charge on any atom is -0.282 e. The van der Waals surface area contributed by atoms with Crippen molar-refractivity contribution in [3.05, 3.63) is 0 Å². The molecule has 1 saturated heterocycles. The molecule has 0 radical (unpaired) electrons. The van der Waals surface area contributed by atoms with Gasteiger partial charge in [0.25, 0.3) is 0 Å². The van der Waals surface area contributed by atoms with Gasteiger partial charge in [-0.3, -0.25) is 14.5 Å². The van der Waals surface area contributed by atoms with Crippen LogP contribution in [0.25, 0.3) is 0 Å². The van der Waals surface area contributed by atoms with E-state index >= 15 is 0 Å². The van der Waals surface area contributed by atoms with Gasteiger partial charge in [-0.05, 0) is 25.7 Å². The Bertz CT molecular complexity index is 221. The van der Waals surface area contributed by atoms with Gasteiger partial charge in [-0.1, -0.05) is 0 Å². The molecule has 0 spiro atoms. The third kappa shape index (κ3) is 1.36. The zero-order valence-electron chi connectivity index (χ0n) is 7.08. The SMILES string of the molecule is O=C1CCCCN1C(=O)C1CC1. The molecule has 0 atom stereocenters. The highest BCUT2D eigenvalue weighted by molar-refractivity contribution is 5.97. The van der Waals surface area contributed by atoms with Gasteiger partial charge in [0.05, 0.1) is 0 Å². The highest BCUT2D eigenvalue weighted by atomic mass is 16.2. The maximum absolute atomic E-state index is 11.5. The Labute approximate surface area is 71.7 Å². The van der Waals surface area contributed by atoms with E-state index in [0.29, 0.717) is 13.0 Å². The highest BCUT2D eigenvalue weighted by Crippen LogP contribution is 2.32. The molecule has 2 aliphatic rings.